The lowest BCUT2D eigenvalue weighted by molar-refractivity contribution is -0.137. The Kier molecular flexibility index (Phi) is 9.26. The third-order valence-corrected chi connectivity index (χ3v) is 5.42. The van der Waals surface area contributed by atoms with E-state index in [-0.39, 0.29) is 13.0 Å². The number of allylic oxidation sites excluding steroid dienone is 4. The number of benzene rings is 2. The summed E-state index contributed by atoms with van der Waals surface area (Å²) < 4.78 is 0. The molecule has 2 aromatic carbocycles. The van der Waals surface area contributed by atoms with Crippen molar-refractivity contribution < 1.29 is 15.0 Å². The van der Waals surface area contributed by atoms with Crippen LogP contribution >= 0.6 is 23.8 Å². The van der Waals surface area contributed by atoms with E-state index >= 15 is 0 Å². The first kappa shape index (κ1) is 23.0. The molecule has 3 rings (SSSR count). The zero-order chi connectivity index (χ0) is 21.2. The topological polar surface area (TPSA) is 57.5 Å². The molecule has 0 amide bonds. The second-order valence-corrected chi connectivity index (χ2v) is 7.68. The number of hydrogen-bond donors (Lipinski definition) is 2. The number of hydrogen-bond acceptors (Lipinski definition) is 3. The number of thiocarbonyl (C=S) groups is 1. The number of carboxylic acids is 1. The van der Waals surface area contributed by atoms with Crippen molar-refractivity contribution >= 4 is 40.2 Å². The van der Waals surface area contributed by atoms with Gasteiger partial charge in [0.05, 0.1) is 6.61 Å². The number of aliphatic hydroxyl groups excluding tert-OH is 1. The molecular formula is C24H25ClO3S. The fourth-order valence-electron chi connectivity index (χ4n) is 3.04. The minimum Gasteiger partial charge on any atom is -0.481 e. The van der Waals surface area contributed by atoms with Gasteiger partial charge in [0.15, 0.2) is 0 Å². The fraction of sp³-hybridized carbons (Fsp3) is 0.250. The first-order chi connectivity index (χ1) is 13.9. The first-order valence-corrected chi connectivity index (χ1v) is 10.3. The van der Waals surface area contributed by atoms with Crippen LogP contribution in [-0.2, 0) is 17.8 Å². The highest BCUT2D eigenvalue weighted by molar-refractivity contribution is 7.80. The van der Waals surface area contributed by atoms with E-state index in [2.05, 4.69) is 19.1 Å². The van der Waals surface area contributed by atoms with E-state index in [1.165, 1.54) is 16.7 Å². The maximum absolute atomic E-state index is 10.3. The van der Waals surface area contributed by atoms with E-state index in [1.807, 2.05) is 48.5 Å². The normalized spacial score (nSPS) is 13.1. The van der Waals surface area contributed by atoms with Crippen LogP contribution in [0.25, 0.3) is 5.57 Å². The van der Waals surface area contributed by atoms with E-state index in [1.54, 1.807) is 0 Å². The summed E-state index contributed by atoms with van der Waals surface area (Å²) in [6, 6.07) is 15.4. The number of aliphatic carboxylic acids is 1. The molecule has 5 heteroatoms. The summed E-state index contributed by atoms with van der Waals surface area (Å²) in [7, 11) is 0. The van der Waals surface area contributed by atoms with Crippen molar-refractivity contribution in [3.63, 3.8) is 0 Å². The third kappa shape index (κ3) is 7.24. The lowest BCUT2D eigenvalue weighted by Gasteiger charge is -2.13. The Morgan fingerprint density at radius 2 is 1.76 bits per heavy atom. The van der Waals surface area contributed by atoms with Crippen molar-refractivity contribution in [2.24, 2.45) is 0 Å². The molecule has 0 aliphatic heterocycles. The monoisotopic (exact) mass is 428 g/mol. The molecule has 2 N–H and O–H groups in total. The van der Waals surface area contributed by atoms with Crippen LogP contribution in [-0.4, -0.2) is 21.0 Å². The van der Waals surface area contributed by atoms with E-state index in [9.17, 15) is 4.79 Å². The molecule has 0 unspecified atom stereocenters. The Morgan fingerprint density at radius 1 is 1.10 bits per heavy atom. The maximum atomic E-state index is 10.3. The molecule has 152 valence electrons. The van der Waals surface area contributed by atoms with Gasteiger partial charge in [-0.2, -0.15) is 0 Å². The zero-order valence-corrected chi connectivity index (χ0v) is 18.0. The van der Waals surface area contributed by atoms with E-state index in [0.29, 0.717) is 12.8 Å². The van der Waals surface area contributed by atoms with E-state index < -0.39 is 5.97 Å². The third-order valence-electron chi connectivity index (χ3n) is 4.69. The van der Waals surface area contributed by atoms with Crippen molar-refractivity contribution in [2.75, 3.05) is 0 Å². The van der Waals surface area contributed by atoms with Gasteiger partial charge in [-0.3, -0.25) is 4.79 Å². The van der Waals surface area contributed by atoms with Crippen LogP contribution in [0.2, 0.25) is 5.02 Å². The first-order valence-electron chi connectivity index (χ1n) is 9.48. The van der Waals surface area contributed by atoms with Gasteiger partial charge in [0, 0.05) is 22.7 Å². The molecule has 0 spiro atoms. The van der Waals surface area contributed by atoms with E-state index in [4.69, 9.17) is 34.0 Å². The minimum absolute atomic E-state index is 0.0171. The second-order valence-electron chi connectivity index (χ2n) is 6.75. The van der Waals surface area contributed by atoms with Gasteiger partial charge in [-0.05, 0) is 59.7 Å². The molecule has 0 aromatic heterocycles. The maximum Gasteiger partial charge on any atom is 0.303 e. The highest BCUT2D eigenvalue weighted by atomic mass is 35.5. The van der Waals surface area contributed by atoms with Gasteiger partial charge in [-0.25, -0.2) is 0 Å². The summed E-state index contributed by atoms with van der Waals surface area (Å²) in [5, 5.41) is 18.2. The van der Waals surface area contributed by atoms with Crippen LogP contribution in [0.15, 0.2) is 66.3 Å². The van der Waals surface area contributed by atoms with Gasteiger partial charge < -0.3 is 10.2 Å². The number of aliphatic hydroxyl groups is 1. The molecule has 0 fully saturated rings. The van der Waals surface area contributed by atoms with E-state index in [0.717, 1.165) is 27.4 Å². The summed E-state index contributed by atoms with van der Waals surface area (Å²) >= 11 is 11.2. The highest BCUT2D eigenvalue weighted by Gasteiger charge is 2.10. The number of aryl methyl sites for hydroxylation is 1. The van der Waals surface area contributed by atoms with Gasteiger partial charge in [-0.1, -0.05) is 72.4 Å². The Labute approximate surface area is 182 Å². The average Bonchev–Trinajstić information content (AvgIpc) is 2.71. The van der Waals surface area contributed by atoms with Gasteiger partial charge in [-0.15, -0.1) is 0 Å². The van der Waals surface area contributed by atoms with Crippen molar-refractivity contribution in [1.29, 1.82) is 0 Å². The predicted octanol–water partition coefficient (Wildman–Crippen LogP) is 6.03. The second kappa shape index (κ2) is 11.7. The molecular weight excluding hydrogens is 404 g/mol. The quantitative estimate of drug-likeness (QED) is 0.551. The largest absolute Gasteiger partial charge is 0.481 e. The molecule has 0 heterocycles. The van der Waals surface area contributed by atoms with Gasteiger partial charge in [0.2, 0.25) is 0 Å². The Bertz CT molecular complexity index is 914. The summed E-state index contributed by atoms with van der Waals surface area (Å²) in [6.07, 6.45) is 6.64. The van der Waals surface area contributed by atoms with Crippen molar-refractivity contribution in [3.8, 4) is 0 Å². The summed E-state index contributed by atoms with van der Waals surface area (Å²) in [4.78, 5) is 11.3. The van der Waals surface area contributed by atoms with Crippen LogP contribution in [0.5, 0.6) is 0 Å². The number of carbonyl (C=O) groups is 1. The Balaban J connectivity index is 0.000000208. The molecule has 1 aliphatic rings. The Hall–Kier alpha value is -2.27. The molecule has 0 saturated carbocycles. The summed E-state index contributed by atoms with van der Waals surface area (Å²) in [6.45, 7) is 2.10. The zero-order valence-electron chi connectivity index (χ0n) is 16.4. The van der Waals surface area contributed by atoms with Gasteiger partial charge in [0.1, 0.15) is 0 Å². The summed E-state index contributed by atoms with van der Waals surface area (Å²) in [5.74, 6) is -0.772. The van der Waals surface area contributed by atoms with Gasteiger partial charge in [0.25, 0.3) is 0 Å². The van der Waals surface area contributed by atoms with Crippen LogP contribution in [0.1, 0.15) is 42.9 Å². The average molecular weight is 429 g/mol. The SMILES string of the molecule is CC1=C(c2ccc(Cl)cc2)C=CCC1=S.O=C(O)CCCc1ccccc1CO. The lowest BCUT2D eigenvalue weighted by Crippen LogP contribution is -2.02. The minimum atomic E-state index is -0.772. The van der Waals surface area contributed by atoms with Crippen LogP contribution in [0.3, 0.4) is 0 Å². The highest BCUT2D eigenvalue weighted by Crippen LogP contribution is 2.26. The number of carboxylic acid groups (broad SMARTS) is 1. The predicted molar refractivity (Wildman–Crippen MR) is 123 cm³/mol. The molecule has 0 bridgehead atoms. The van der Waals surface area contributed by atoms with Crippen molar-refractivity contribution in [1.82, 2.24) is 0 Å². The summed E-state index contributed by atoms with van der Waals surface area (Å²) in [5.41, 5.74) is 5.52. The molecule has 0 atom stereocenters. The smallest absolute Gasteiger partial charge is 0.303 e. The number of rotatable bonds is 6. The van der Waals surface area contributed by atoms with Crippen molar-refractivity contribution in [3.05, 3.63) is 88.0 Å². The van der Waals surface area contributed by atoms with Crippen molar-refractivity contribution in [2.45, 2.75) is 39.2 Å². The molecule has 0 saturated heterocycles. The molecule has 2 aromatic rings. The van der Waals surface area contributed by atoms with Crippen LogP contribution in [0.4, 0.5) is 0 Å². The Morgan fingerprint density at radius 3 is 2.38 bits per heavy atom. The molecule has 1 aliphatic carbocycles. The molecule has 0 radical (unpaired) electrons. The standard InChI is InChI=1S/C13H11ClS.C11H14O3/c1-9-12(3-2-4-13(9)15)10-5-7-11(14)8-6-10;12-8-10-5-2-1-4-9(10)6-3-7-11(13)14/h2-3,5-8H,4H2,1H3;1-2,4-5,12H,3,6-8H2,(H,13,14). The fourth-order valence-corrected chi connectivity index (χ4v) is 3.37. The number of halogens is 1. The molecule has 29 heavy (non-hydrogen) atoms. The van der Waals surface area contributed by atoms with Crippen LogP contribution in [0, 0.1) is 0 Å². The van der Waals surface area contributed by atoms with Crippen LogP contribution < -0.4 is 0 Å². The molecule has 3 nitrogen and oxygen atoms in total. The lowest BCUT2D eigenvalue weighted by atomic mass is 9.93. The van der Waals surface area contributed by atoms with Gasteiger partial charge >= 0.3 is 5.97 Å².